The van der Waals surface area contributed by atoms with E-state index in [1.165, 1.54) is 6.07 Å². The van der Waals surface area contributed by atoms with Crippen LogP contribution >= 0.6 is 0 Å². The molecule has 1 aliphatic rings. The van der Waals surface area contributed by atoms with E-state index in [4.69, 9.17) is 4.74 Å². The van der Waals surface area contributed by atoms with Gasteiger partial charge in [-0.25, -0.2) is 23.4 Å². The molecule has 0 saturated heterocycles. The van der Waals surface area contributed by atoms with E-state index in [1.807, 2.05) is 11.6 Å². The molecule has 0 spiro atoms. The van der Waals surface area contributed by atoms with Gasteiger partial charge < -0.3 is 15.4 Å². The maximum Gasteiger partial charge on any atom is 0.191 e. The van der Waals surface area contributed by atoms with Crippen LogP contribution in [0.15, 0.2) is 29.5 Å². The maximum absolute atomic E-state index is 13.1. The zero-order chi connectivity index (χ0) is 18.4. The third kappa shape index (κ3) is 4.68. The molecule has 1 aromatic heterocycles. The molecule has 140 valence electrons. The number of benzene rings is 1. The highest BCUT2D eigenvalue weighted by Gasteiger charge is 2.20. The molecule has 2 heterocycles. The van der Waals surface area contributed by atoms with E-state index in [2.05, 4.69) is 25.7 Å². The molecule has 0 fully saturated rings. The van der Waals surface area contributed by atoms with Gasteiger partial charge in [0.2, 0.25) is 0 Å². The number of nitrogens with one attached hydrogen (secondary N) is 2. The summed E-state index contributed by atoms with van der Waals surface area (Å²) >= 11 is 0. The smallest absolute Gasteiger partial charge is 0.191 e. The number of hydrogen-bond acceptors (Lipinski definition) is 4. The number of nitrogens with zero attached hydrogens (tertiary/aromatic N) is 4. The molecule has 26 heavy (non-hydrogen) atoms. The van der Waals surface area contributed by atoms with Crippen LogP contribution < -0.4 is 15.4 Å². The number of aromatic nitrogens is 3. The summed E-state index contributed by atoms with van der Waals surface area (Å²) in [6.45, 7) is 4.11. The van der Waals surface area contributed by atoms with E-state index < -0.39 is 11.6 Å². The summed E-state index contributed by atoms with van der Waals surface area (Å²) in [5.41, 5.74) is 0. The number of ether oxygens (including phenoxy) is 1. The van der Waals surface area contributed by atoms with Gasteiger partial charge in [-0.05, 0) is 25.5 Å². The van der Waals surface area contributed by atoms with Gasteiger partial charge in [0.15, 0.2) is 17.6 Å². The number of halogens is 2. The molecule has 0 radical (unpaired) electrons. The van der Waals surface area contributed by atoms with Gasteiger partial charge in [-0.2, -0.15) is 5.10 Å². The number of hydrogen-bond donors (Lipinski definition) is 2. The zero-order valence-corrected chi connectivity index (χ0v) is 14.6. The van der Waals surface area contributed by atoms with Crippen molar-refractivity contribution in [3.63, 3.8) is 0 Å². The summed E-state index contributed by atoms with van der Waals surface area (Å²) in [5.74, 6) is 0.158. The van der Waals surface area contributed by atoms with Crippen LogP contribution in [0.5, 0.6) is 5.75 Å². The van der Waals surface area contributed by atoms with Gasteiger partial charge in [0.25, 0.3) is 0 Å². The summed E-state index contributed by atoms with van der Waals surface area (Å²) in [7, 11) is 0. The van der Waals surface area contributed by atoms with E-state index in [0.29, 0.717) is 12.5 Å². The fourth-order valence-electron chi connectivity index (χ4n) is 2.76. The van der Waals surface area contributed by atoms with Crippen molar-refractivity contribution in [2.24, 2.45) is 4.99 Å². The second-order valence-corrected chi connectivity index (χ2v) is 5.92. The third-order valence-corrected chi connectivity index (χ3v) is 4.01. The minimum absolute atomic E-state index is 0.217. The maximum atomic E-state index is 13.1. The molecule has 0 aliphatic carbocycles. The van der Waals surface area contributed by atoms with E-state index in [-0.39, 0.29) is 18.4 Å². The SMILES string of the molecule is CCNC(=NCCOc1ccc(F)c(F)c1)NC1CCc2ncnn2C1. The Kier molecular flexibility index (Phi) is 5.98. The Labute approximate surface area is 150 Å². The van der Waals surface area contributed by atoms with Gasteiger partial charge in [0, 0.05) is 25.1 Å². The quantitative estimate of drug-likeness (QED) is 0.462. The van der Waals surface area contributed by atoms with Crippen molar-refractivity contribution in [3.8, 4) is 5.75 Å². The number of aliphatic imine (C=N–C) groups is 1. The van der Waals surface area contributed by atoms with Crippen molar-refractivity contribution < 1.29 is 13.5 Å². The fourth-order valence-corrected chi connectivity index (χ4v) is 2.76. The van der Waals surface area contributed by atoms with E-state index in [1.54, 1.807) is 6.33 Å². The molecule has 0 bridgehead atoms. The average Bonchev–Trinajstić information content (AvgIpc) is 3.09. The van der Waals surface area contributed by atoms with E-state index in [0.717, 1.165) is 43.9 Å². The molecule has 1 atom stereocenters. The number of guanidine groups is 1. The first-order chi connectivity index (χ1) is 12.7. The van der Waals surface area contributed by atoms with E-state index >= 15 is 0 Å². The summed E-state index contributed by atoms with van der Waals surface area (Å²) < 4.78 is 33.3. The lowest BCUT2D eigenvalue weighted by molar-refractivity contribution is 0.324. The average molecular weight is 364 g/mol. The molecular formula is C17H22F2N6O. The van der Waals surface area contributed by atoms with Crippen LogP contribution in [-0.4, -0.2) is 46.5 Å². The number of fused-ring (bicyclic) bond motifs is 1. The normalized spacial score (nSPS) is 16.9. The van der Waals surface area contributed by atoms with Crippen LogP contribution in [0.25, 0.3) is 0 Å². The van der Waals surface area contributed by atoms with Crippen molar-refractivity contribution >= 4 is 5.96 Å². The molecule has 2 N–H and O–H groups in total. The zero-order valence-electron chi connectivity index (χ0n) is 14.6. The first kappa shape index (κ1) is 18.1. The molecule has 2 aromatic rings. The van der Waals surface area contributed by atoms with Crippen LogP contribution in [0, 0.1) is 11.6 Å². The molecular weight excluding hydrogens is 342 g/mol. The van der Waals surface area contributed by atoms with Crippen molar-refractivity contribution in [3.05, 3.63) is 42.0 Å². The van der Waals surface area contributed by atoms with Gasteiger partial charge >= 0.3 is 0 Å². The van der Waals surface area contributed by atoms with Gasteiger partial charge in [-0.15, -0.1) is 0 Å². The van der Waals surface area contributed by atoms with Gasteiger partial charge in [0.1, 0.15) is 24.5 Å². The Bertz CT molecular complexity index is 763. The van der Waals surface area contributed by atoms with Crippen molar-refractivity contribution in [1.82, 2.24) is 25.4 Å². The Hall–Kier alpha value is -2.71. The van der Waals surface area contributed by atoms with Gasteiger partial charge in [-0.3, -0.25) is 0 Å². The Morgan fingerprint density at radius 2 is 2.27 bits per heavy atom. The fraction of sp³-hybridized carbons (Fsp3) is 0.471. The standard InChI is InChI=1S/C17H22F2N6O/c1-2-20-17(24-12-3-6-16-22-11-23-25(16)10-12)21-7-8-26-13-4-5-14(18)15(19)9-13/h4-5,9,11-12H,2-3,6-8,10H2,1H3,(H2,20,21,24). The summed E-state index contributed by atoms with van der Waals surface area (Å²) in [5, 5.41) is 10.8. The first-order valence-corrected chi connectivity index (χ1v) is 8.65. The second-order valence-electron chi connectivity index (χ2n) is 5.92. The molecule has 9 heteroatoms. The first-order valence-electron chi connectivity index (χ1n) is 8.65. The predicted molar refractivity (Wildman–Crippen MR) is 93.1 cm³/mol. The molecule has 0 amide bonds. The Morgan fingerprint density at radius 3 is 3.08 bits per heavy atom. The summed E-state index contributed by atoms with van der Waals surface area (Å²) in [4.78, 5) is 8.68. The monoisotopic (exact) mass is 364 g/mol. The number of rotatable bonds is 6. The highest BCUT2D eigenvalue weighted by atomic mass is 19.2. The second kappa shape index (κ2) is 8.59. The summed E-state index contributed by atoms with van der Waals surface area (Å²) in [6, 6.07) is 3.68. The Balaban J connectivity index is 1.50. The van der Waals surface area contributed by atoms with Crippen molar-refractivity contribution in [2.45, 2.75) is 32.4 Å². The lowest BCUT2D eigenvalue weighted by Gasteiger charge is -2.25. The molecule has 3 rings (SSSR count). The molecule has 1 aliphatic heterocycles. The van der Waals surface area contributed by atoms with Gasteiger partial charge in [-0.1, -0.05) is 0 Å². The van der Waals surface area contributed by atoms with Crippen LogP contribution in [0.1, 0.15) is 19.2 Å². The molecule has 1 aromatic carbocycles. The molecule has 0 saturated carbocycles. The minimum atomic E-state index is -0.925. The van der Waals surface area contributed by atoms with Crippen molar-refractivity contribution in [1.29, 1.82) is 0 Å². The van der Waals surface area contributed by atoms with Crippen LogP contribution in [0.2, 0.25) is 0 Å². The van der Waals surface area contributed by atoms with Crippen LogP contribution in [0.4, 0.5) is 8.78 Å². The van der Waals surface area contributed by atoms with E-state index in [9.17, 15) is 8.78 Å². The van der Waals surface area contributed by atoms with Crippen molar-refractivity contribution in [2.75, 3.05) is 19.7 Å². The van der Waals surface area contributed by atoms with Gasteiger partial charge in [0.05, 0.1) is 13.1 Å². The Morgan fingerprint density at radius 1 is 1.38 bits per heavy atom. The topological polar surface area (TPSA) is 76.4 Å². The largest absolute Gasteiger partial charge is 0.492 e. The minimum Gasteiger partial charge on any atom is -0.492 e. The van der Waals surface area contributed by atoms with Crippen LogP contribution in [0.3, 0.4) is 0 Å². The lowest BCUT2D eigenvalue weighted by atomic mass is 10.1. The molecule has 7 nitrogen and oxygen atoms in total. The highest BCUT2D eigenvalue weighted by Crippen LogP contribution is 2.15. The summed E-state index contributed by atoms with van der Waals surface area (Å²) in [6.07, 6.45) is 3.40. The predicted octanol–water partition coefficient (Wildman–Crippen LogP) is 1.51. The number of aryl methyl sites for hydroxylation is 1. The third-order valence-electron chi connectivity index (χ3n) is 4.01. The van der Waals surface area contributed by atoms with Crippen LogP contribution in [-0.2, 0) is 13.0 Å². The molecule has 1 unspecified atom stereocenters. The lowest BCUT2D eigenvalue weighted by Crippen LogP contribution is -2.47. The highest BCUT2D eigenvalue weighted by molar-refractivity contribution is 5.80.